The maximum atomic E-state index is 11.9. The van der Waals surface area contributed by atoms with Gasteiger partial charge in [-0.25, -0.2) is 4.79 Å². The van der Waals surface area contributed by atoms with Crippen molar-refractivity contribution in [2.75, 3.05) is 25.6 Å². The lowest BCUT2D eigenvalue weighted by molar-refractivity contribution is 0.161. The Hall–Kier alpha value is -1.60. The normalized spacial score (nSPS) is 16.3. The van der Waals surface area contributed by atoms with Crippen molar-refractivity contribution in [3.05, 3.63) is 11.8 Å². The topological polar surface area (TPSA) is 88.4 Å². The summed E-state index contributed by atoms with van der Waals surface area (Å²) < 4.78 is 6.62. The van der Waals surface area contributed by atoms with Crippen LogP contribution in [0.15, 0.2) is 6.07 Å². The van der Waals surface area contributed by atoms with Gasteiger partial charge in [0, 0.05) is 32.7 Å². The van der Waals surface area contributed by atoms with Gasteiger partial charge in [-0.15, -0.1) is 0 Å². The Morgan fingerprint density at radius 1 is 1.62 bits per heavy atom. The first-order valence-corrected chi connectivity index (χ1v) is 7.35. The molecular formula is C14H24N4O3. The van der Waals surface area contributed by atoms with E-state index >= 15 is 0 Å². The molecule has 7 nitrogen and oxygen atoms in total. The summed E-state index contributed by atoms with van der Waals surface area (Å²) in [5, 5.41) is 19.2. The Morgan fingerprint density at radius 3 is 2.95 bits per heavy atom. The standard InChI is InChI=1S/C14H24N4O3/c1-18-13(8-12(17-18)10-4-3-5-10)16-14(20)15-11(9-19)6-7-21-2/h8,10-11,19H,3-7,9H2,1-2H3,(H2,15,16,20)/t11-/m1/s1. The van der Waals surface area contributed by atoms with Crippen LogP contribution in [0, 0.1) is 0 Å². The molecule has 1 atom stereocenters. The smallest absolute Gasteiger partial charge is 0.320 e. The zero-order valence-corrected chi connectivity index (χ0v) is 12.6. The third-order valence-electron chi connectivity index (χ3n) is 3.89. The second kappa shape index (κ2) is 7.42. The molecule has 1 fully saturated rings. The van der Waals surface area contributed by atoms with E-state index in [0.29, 0.717) is 24.8 Å². The number of aryl methyl sites for hydroxylation is 1. The molecule has 1 heterocycles. The first kappa shape index (κ1) is 15.8. The van der Waals surface area contributed by atoms with E-state index in [-0.39, 0.29) is 18.7 Å². The van der Waals surface area contributed by atoms with Gasteiger partial charge in [0.2, 0.25) is 0 Å². The monoisotopic (exact) mass is 296 g/mol. The molecule has 1 saturated carbocycles. The van der Waals surface area contributed by atoms with E-state index in [2.05, 4.69) is 15.7 Å². The van der Waals surface area contributed by atoms with Gasteiger partial charge in [-0.05, 0) is 19.3 Å². The van der Waals surface area contributed by atoms with E-state index in [1.807, 2.05) is 13.1 Å². The van der Waals surface area contributed by atoms with Crippen molar-refractivity contribution in [2.45, 2.75) is 37.6 Å². The molecule has 0 aliphatic heterocycles. The van der Waals surface area contributed by atoms with Crippen molar-refractivity contribution in [2.24, 2.45) is 7.05 Å². The van der Waals surface area contributed by atoms with Crippen LogP contribution in [0.3, 0.4) is 0 Å². The first-order valence-electron chi connectivity index (χ1n) is 7.35. The van der Waals surface area contributed by atoms with E-state index in [1.165, 1.54) is 19.3 Å². The summed E-state index contributed by atoms with van der Waals surface area (Å²) in [5.41, 5.74) is 1.04. The number of methoxy groups -OCH3 is 1. The summed E-state index contributed by atoms with van der Waals surface area (Å²) in [5.74, 6) is 1.19. The Morgan fingerprint density at radius 2 is 2.38 bits per heavy atom. The molecule has 0 bridgehead atoms. The Bertz CT molecular complexity index is 471. The molecule has 0 unspecified atom stereocenters. The fourth-order valence-electron chi connectivity index (χ4n) is 2.32. The van der Waals surface area contributed by atoms with Gasteiger partial charge in [-0.2, -0.15) is 5.10 Å². The van der Waals surface area contributed by atoms with Gasteiger partial charge < -0.3 is 15.2 Å². The minimum atomic E-state index is -0.340. The highest BCUT2D eigenvalue weighted by Crippen LogP contribution is 2.36. The largest absolute Gasteiger partial charge is 0.394 e. The van der Waals surface area contributed by atoms with E-state index in [9.17, 15) is 9.90 Å². The summed E-state index contributed by atoms with van der Waals surface area (Å²) in [6.45, 7) is 0.374. The van der Waals surface area contributed by atoms with Crippen LogP contribution >= 0.6 is 0 Å². The van der Waals surface area contributed by atoms with Crippen LogP contribution in [0.1, 0.15) is 37.3 Å². The van der Waals surface area contributed by atoms with Gasteiger partial charge in [0.1, 0.15) is 5.82 Å². The molecule has 0 spiro atoms. The van der Waals surface area contributed by atoms with Crippen molar-refractivity contribution in [3.8, 4) is 0 Å². The van der Waals surface area contributed by atoms with Crippen molar-refractivity contribution in [1.29, 1.82) is 0 Å². The number of rotatable bonds is 7. The molecule has 118 valence electrons. The van der Waals surface area contributed by atoms with Crippen LogP contribution in [0.4, 0.5) is 10.6 Å². The maximum Gasteiger partial charge on any atom is 0.320 e. The molecule has 3 N–H and O–H groups in total. The lowest BCUT2D eigenvalue weighted by Crippen LogP contribution is -2.41. The number of hydrogen-bond donors (Lipinski definition) is 3. The number of amides is 2. The fourth-order valence-corrected chi connectivity index (χ4v) is 2.32. The molecule has 21 heavy (non-hydrogen) atoms. The van der Waals surface area contributed by atoms with Crippen molar-refractivity contribution in [3.63, 3.8) is 0 Å². The highest BCUT2D eigenvalue weighted by atomic mass is 16.5. The van der Waals surface area contributed by atoms with Crippen LogP contribution in [0.2, 0.25) is 0 Å². The number of nitrogens with zero attached hydrogens (tertiary/aromatic N) is 2. The van der Waals surface area contributed by atoms with Crippen LogP contribution in [-0.4, -0.2) is 47.3 Å². The van der Waals surface area contributed by atoms with Crippen molar-refractivity contribution >= 4 is 11.8 Å². The predicted molar refractivity (Wildman–Crippen MR) is 79.3 cm³/mol. The number of aromatic nitrogens is 2. The number of urea groups is 1. The van der Waals surface area contributed by atoms with Crippen molar-refractivity contribution < 1.29 is 14.6 Å². The van der Waals surface area contributed by atoms with Gasteiger partial charge in [0.25, 0.3) is 0 Å². The average molecular weight is 296 g/mol. The summed E-state index contributed by atoms with van der Waals surface area (Å²) in [6, 6.07) is 1.27. The predicted octanol–water partition coefficient (Wildman–Crippen LogP) is 1.21. The van der Waals surface area contributed by atoms with Gasteiger partial charge >= 0.3 is 6.03 Å². The van der Waals surface area contributed by atoms with Gasteiger partial charge in [-0.1, -0.05) is 6.42 Å². The number of aliphatic hydroxyl groups excluding tert-OH is 1. The number of ether oxygens (including phenoxy) is 1. The number of hydrogen-bond acceptors (Lipinski definition) is 4. The zero-order chi connectivity index (χ0) is 15.2. The number of nitrogens with one attached hydrogen (secondary N) is 2. The first-order chi connectivity index (χ1) is 10.1. The minimum Gasteiger partial charge on any atom is -0.394 e. The quantitative estimate of drug-likeness (QED) is 0.705. The van der Waals surface area contributed by atoms with Gasteiger partial charge in [0.05, 0.1) is 18.3 Å². The second-order valence-corrected chi connectivity index (χ2v) is 5.47. The van der Waals surface area contributed by atoms with E-state index < -0.39 is 0 Å². The molecule has 1 aromatic rings. The molecule has 1 aliphatic rings. The van der Waals surface area contributed by atoms with Crippen LogP contribution in [0.5, 0.6) is 0 Å². The average Bonchev–Trinajstić information content (AvgIpc) is 2.73. The second-order valence-electron chi connectivity index (χ2n) is 5.47. The number of carbonyl (C=O) groups is 1. The zero-order valence-electron chi connectivity index (χ0n) is 12.6. The van der Waals surface area contributed by atoms with Crippen molar-refractivity contribution in [1.82, 2.24) is 15.1 Å². The third kappa shape index (κ3) is 4.18. The molecule has 2 amide bonds. The third-order valence-corrected chi connectivity index (χ3v) is 3.89. The molecule has 0 aromatic carbocycles. The SMILES string of the molecule is COCC[C@H](CO)NC(=O)Nc1cc(C2CCC2)nn1C. The summed E-state index contributed by atoms with van der Waals surface area (Å²) in [6.07, 6.45) is 4.17. The summed E-state index contributed by atoms with van der Waals surface area (Å²) >= 11 is 0. The van der Waals surface area contributed by atoms with E-state index in [1.54, 1.807) is 11.8 Å². The van der Waals surface area contributed by atoms with E-state index in [0.717, 1.165) is 5.69 Å². The van der Waals surface area contributed by atoms with Gasteiger partial charge in [0.15, 0.2) is 0 Å². The highest BCUT2D eigenvalue weighted by molar-refractivity contribution is 5.88. The number of carbonyl (C=O) groups excluding carboxylic acids is 1. The Balaban J connectivity index is 1.88. The molecular weight excluding hydrogens is 272 g/mol. The van der Waals surface area contributed by atoms with Gasteiger partial charge in [-0.3, -0.25) is 10.00 Å². The molecule has 1 aliphatic carbocycles. The molecule has 2 rings (SSSR count). The molecule has 0 saturated heterocycles. The fraction of sp³-hybridized carbons (Fsp3) is 0.714. The maximum absolute atomic E-state index is 11.9. The summed E-state index contributed by atoms with van der Waals surface area (Å²) in [4.78, 5) is 11.9. The highest BCUT2D eigenvalue weighted by Gasteiger charge is 2.23. The van der Waals surface area contributed by atoms with Crippen LogP contribution in [0.25, 0.3) is 0 Å². The van der Waals surface area contributed by atoms with Crippen LogP contribution in [-0.2, 0) is 11.8 Å². The molecule has 7 heteroatoms. The molecule has 0 radical (unpaired) electrons. The lowest BCUT2D eigenvalue weighted by Gasteiger charge is -2.22. The van der Waals surface area contributed by atoms with E-state index in [4.69, 9.17) is 4.74 Å². The molecule has 1 aromatic heterocycles. The Labute approximate surface area is 124 Å². The lowest BCUT2D eigenvalue weighted by atomic mass is 9.83. The minimum absolute atomic E-state index is 0.116. The number of aliphatic hydroxyl groups is 1. The summed E-state index contributed by atoms with van der Waals surface area (Å²) in [7, 11) is 3.40. The number of anilines is 1. The Kier molecular flexibility index (Phi) is 5.58. The van der Waals surface area contributed by atoms with Crippen LogP contribution < -0.4 is 10.6 Å².